The maximum Gasteiger partial charge on any atom is 0.239 e. The largest absolute Gasteiger partial charge is 0.274 e. The number of nitrogens with zero attached hydrogens (tertiary/aromatic N) is 1. The Hall–Kier alpha value is -0.390. The third-order valence-electron chi connectivity index (χ3n) is 2.06. The van der Waals surface area contributed by atoms with Crippen LogP contribution in [0.1, 0.15) is 18.4 Å². The molecule has 1 heterocycles. The topological polar surface area (TPSA) is 37.4 Å². The van der Waals surface area contributed by atoms with Gasteiger partial charge in [-0.3, -0.25) is 9.59 Å². The Balaban J connectivity index is 0.000000171. The predicted molar refractivity (Wildman–Crippen MR) is 74.1 cm³/mol. The maximum atomic E-state index is 10.4. The first-order valence-electron chi connectivity index (χ1n) is 4.86. The quantitative estimate of drug-likeness (QED) is 0.421. The summed E-state index contributed by atoms with van der Waals surface area (Å²) < 4.78 is 0.979. The van der Waals surface area contributed by atoms with E-state index in [1.165, 1.54) is 5.56 Å². The Kier molecular flexibility index (Phi) is 6.16. The summed E-state index contributed by atoms with van der Waals surface area (Å²) in [5.74, 6) is -0.287. The number of amides is 2. The number of hydrogen-bond donors (Lipinski definition) is 0. The Bertz CT molecular complexity index is 392. The van der Waals surface area contributed by atoms with Gasteiger partial charge in [-0.05, 0) is 17.7 Å². The molecular formula is C11H10Br2ClNO2. The van der Waals surface area contributed by atoms with E-state index in [-0.39, 0.29) is 11.8 Å². The van der Waals surface area contributed by atoms with Crippen LogP contribution in [-0.4, -0.2) is 15.7 Å². The molecule has 0 N–H and O–H groups in total. The first-order valence-corrected chi connectivity index (χ1v) is 7.07. The highest BCUT2D eigenvalue weighted by atomic mass is 79.9. The molecule has 92 valence electrons. The van der Waals surface area contributed by atoms with Gasteiger partial charge in [0, 0.05) is 23.2 Å². The number of rotatable bonds is 1. The molecule has 0 saturated carbocycles. The highest BCUT2D eigenvalue weighted by Gasteiger charge is 2.26. The van der Waals surface area contributed by atoms with Crippen LogP contribution in [0.15, 0.2) is 24.3 Å². The van der Waals surface area contributed by atoms with E-state index in [0.29, 0.717) is 12.8 Å². The Morgan fingerprint density at radius 1 is 1.12 bits per heavy atom. The van der Waals surface area contributed by atoms with Crippen LogP contribution < -0.4 is 0 Å². The number of imide groups is 1. The molecule has 1 aromatic rings. The highest BCUT2D eigenvalue weighted by Crippen LogP contribution is 2.14. The molecule has 17 heavy (non-hydrogen) atoms. The van der Waals surface area contributed by atoms with Crippen molar-refractivity contribution in [2.75, 3.05) is 0 Å². The van der Waals surface area contributed by atoms with Gasteiger partial charge >= 0.3 is 0 Å². The number of carbonyl (C=O) groups excluding carboxylic acids is 2. The van der Waals surface area contributed by atoms with E-state index in [4.69, 9.17) is 11.6 Å². The number of hydrogen-bond acceptors (Lipinski definition) is 2. The molecule has 1 aliphatic heterocycles. The smallest absolute Gasteiger partial charge is 0.239 e. The van der Waals surface area contributed by atoms with Crippen LogP contribution in [0.2, 0.25) is 5.02 Å². The summed E-state index contributed by atoms with van der Waals surface area (Å²) in [6.45, 7) is 0. The lowest BCUT2D eigenvalue weighted by Gasteiger charge is -1.97. The van der Waals surface area contributed by atoms with Crippen LogP contribution >= 0.6 is 43.7 Å². The second-order valence-electron chi connectivity index (χ2n) is 3.33. The first kappa shape index (κ1) is 14.7. The number of halogens is 3. The van der Waals surface area contributed by atoms with Crippen molar-refractivity contribution in [2.24, 2.45) is 0 Å². The molecule has 1 aromatic carbocycles. The molecule has 0 spiro atoms. The fourth-order valence-corrected chi connectivity index (χ4v) is 1.98. The van der Waals surface area contributed by atoms with Crippen LogP contribution in [0.25, 0.3) is 0 Å². The minimum Gasteiger partial charge on any atom is -0.274 e. The van der Waals surface area contributed by atoms with Gasteiger partial charge in [-0.25, -0.2) is 3.93 Å². The van der Waals surface area contributed by atoms with Gasteiger partial charge in [0.05, 0.1) is 16.1 Å². The summed E-state index contributed by atoms with van der Waals surface area (Å²) in [4.78, 5) is 20.9. The third-order valence-corrected chi connectivity index (χ3v) is 3.75. The molecule has 0 atom stereocenters. The molecule has 1 saturated heterocycles. The summed E-state index contributed by atoms with van der Waals surface area (Å²) in [6, 6.07) is 7.77. The molecule has 6 heteroatoms. The van der Waals surface area contributed by atoms with Gasteiger partial charge in [0.2, 0.25) is 11.8 Å². The molecule has 3 nitrogen and oxygen atoms in total. The average molecular weight is 383 g/mol. The maximum absolute atomic E-state index is 10.4. The van der Waals surface area contributed by atoms with Crippen molar-refractivity contribution in [2.45, 2.75) is 18.2 Å². The van der Waals surface area contributed by atoms with Crippen molar-refractivity contribution < 1.29 is 9.59 Å². The standard InChI is InChI=1S/C7H6BrCl.C4H4BrNO2/c8-5-6-1-3-7(9)4-2-6;5-6-3(7)1-2-4(6)8/h1-4H,5H2;1-2H2. The van der Waals surface area contributed by atoms with Gasteiger partial charge in [-0.2, -0.15) is 0 Å². The lowest BCUT2D eigenvalue weighted by molar-refractivity contribution is -0.131. The van der Waals surface area contributed by atoms with Gasteiger partial charge in [-0.1, -0.05) is 39.7 Å². The SMILES string of the molecule is Clc1ccc(CBr)cc1.O=C1CCC(=O)N1Br. The molecule has 1 fully saturated rings. The zero-order chi connectivity index (χ0) is 12.8. The highest BCUT2D eigenvalue weighted by molar-refractivity contribution is 9.08. The third kappa shape index (κ3) is 4.77. The Morgan fingerprint density at radius 3 is 1.88 bits per heavy atom. The van der Waals surface area contributed by atoms with Gasteiger partial charge in [-0.15, -0.1) is 0 Å². The number of alkyl halides is 1. The van der Waals surface area contributed by atoms with Gasteiger partial charge < -0.3 is 0 Å². The van der Waals surface area contributed by atoms with Gasteiger partial charge in [0.25, 0.3) is 0 Å². The van der Waals surface area contributed by atoms with Crippen molar-refractivity contribution in [3.05, 3.63) is 34.9 Å². The molecule has 2 rings (SSSR count). The predicted octanol–water partition coefficient (Wildman–Crippen LogP) is 3.68. The zero-order valence-electron chi connectivity index (χ0n) is 8.83. The van der Waals surface area contributed by atoms with E-state index in [1.54, 1.807) is 0 Å². The van der Waals surface area contributed by atoms with E-state index in [1.807, 2.05) is 24.3 Å². The first-order chi connectivity index (χ1) is 8.04. The average Bonchev–Trinajstić information content (AvgIpc) is 2.62. The van der Waals surface area contributed by atoms with Crippen molar-refractivity contribution in [3.8, 4) is 0 Å². The van der Waals surface area contributed by atoms with Crippen LogP contribution in [0, 0.1) is 0 Å². The van der Waals surface area contributed by atoms with Crippen molar-refractivity contribution in [3.63, 3.8) is 0 Å². The summed E-state index contributed by atoms with van der Waals surface area (Å²) in [5, 5.41) is 1.68. The second kappa shape index (κ2) is 7.13. The monoisotopic (exact) mass is 381 g/mol. The van der Waals surface area contributed by atoms with Crippen LogP contribution in [0.4, 0.5) is 0 Å². The van der Waals surface area contributed by atoms with E-state index in [2.05, 4.69) is 32.1 Å². The fourth-order valence-electron chi connectivity index (χ4n) is 1.12. The molecule has 0 aromatic heterocycles. The van der Waals surface area contributed by atoms with Crippen molar-refractivity contribution in [1.82, 2.24) is 3.93 Å². The van der Waals surface area contributed by atoms with Crippen molar-refractivity contribution >= 4 is 55.5 Å². The summed E-state index contributed by atoms with van der Waals surface area (Å²) in [7, 11) is 0. The molecule has 0 aliphatic carbocycles. The fraction of sp³-hybridized carbons (Fsp3) is 0.273. The minimum atomic E-state index is -0.144. The van der Waals surface area contributed by atoms with Crippen molar-refractivity contribution in [1.29, 1.82) is 0 Å². The Morgan fingerprint density at radius 2 is 1.59 bits per heavy atom. The molecule has 1 aliphatic rings. The molecule has 0 bridgehead atoms. The van der Waals surface area contributed by atoms with Gasteiger partial charge in [0.15, 0.2) is 0 Å². The molecule has 0 radical (unpaired) electrons. The Labute approximate surface area is 122 Å². The van der Waals surface area contributed by atoms with Crippen LogP contribution in [-0.2, 0) is 14.9 Å². The number of carbonyl (C=O) groups is 2. The minimum absolute atomic E-state index is 0.144. The summed E-state index contributed by atoms with van der Waals surface area (Å²) in [6.07, 6.45) is 0.703. The lowest BCUT2D eigenvalue weighted by atomic mass is 10.2. The van der Waals surface area contributed by atoms with Gasteiger partial charge in [0.1, 0.15) is 0 Å². The van der Waals surface area contributed by atoms with E-state index >= 15 is 0 Å². The zero-order valence-corrected chi connectivity index (χ0v) is 12.8. The molecular weight excluding hydrogens is 373 g/mol. The van der Waals surface area contributed by atoms with E-state index < -0.39 is 0 Å². The van der Waals surface area contributed by atoms with E-state index in [9.17, 15) is 9.59 Å². The van der Waals surface area contributed by atoms with E-state index in [0.717, 1.165) is 14.3 Å². The lowest BCUT2D eigenvalue weighted by Crippen LogP contribution is -2.16. The van der Waals surface area contributed by atoms with Crippen LogP contribution in [0.5, 0.6) is 0 Å². The van der Waals surface area contributed by atoms with Crippen LogP contribution in [0.3, 0.4) is 0 Å². The normalized spacial score (nSPS) is 14.6. The molecule has 2 amide bonds. The second-order valence-corrected chi connectivity index (χ2v) is 5.03. The summed E-state index contributed by atoms with van der Waals surface area (Å²) >= 11 is 11.8. The molecule has 0 unspecified atom stereocenters. The number of benzene rings is 1. The summed E-state index contributed by atoms with van der Waals surface area (Å²) in [5.41, 5.74) is 1.25.